The predicted molar refractivity (Wildman–Crippen MR) is 155 cm³/mol. The molecule has 0 aliphatic heterocycles. The summed E-state index contributed by atoms with van der Waals surface area (Å²) >= 11 is 6.21. The number of carbonyl (C=O) groups excluding carboxylic acids is 1. The molecule has 39 heavy (non-hydrogen) atoms. The molecule has 0 unspecified atom stereocenters. The standard InChI is InChI=1S/C28H34ClN7O2Si/c1-35-24-13-19(29)8-9-21(24)25(34-35)23-15-31-27-26(33-23)22(16-36(27)17-38-10-11-39(2,3)4)28(37)32-20-7-5-6-18(12-20)14-30/h8-9,13,15-16,18,20H,5-7,10-12,17H2,1-4H3,(H,32,37)/t18-,20-/m0/s1. The van der Waals surface area contributed by atoms with Crippen LogP contribution in [0.5, 0.6) is 0 Å². The van der Waals surface area contributed by atoms with E-state index in [2.05, 4.69) is 36.1 Å². The molecule has 1 fully saturated rings. The Bertz CT molecular complexity index is 1570. The van der Waals surface area contributed by atoms with Crippen LogP contribution in [0.3, 0.4) is 0 Å². The summed E-state index contributed by atoms with van der Waals surface area (Å²) in [4.78, 5) is 23.2. The van der Waals surface area contributed by atoms with Gasteiger partial charge >= 0.3 is 0 Å². The van der Waals surface area contributed by atoms with Gasteiger partial charge in [-0.05, 0) is 43.5 Å². The molecule has 1 N–H and O–H groups in total. The molecule has 3 heterocycles. The first-order valence-corrected chi connectivity index (χ1v) is 17.5. The van der Waals surface area contributed by atoms with Crippen molar-refractivity contribution >= 4 is 47.6 Å². The normalized spacial score (nSPS) is 17.9. The second kappa shape index (κ2) is 11.1. The Morgan fingerprint density at radius 3 is 2.90 bits per heavy atom. The highest BCUT2D eigenvalue weighted by molar-refractivity contribution is 6.76. The molecule has 1 aliphatic carbocycles. The largest absolute Gasteiger partial charge is 0.361 e. The summed E-state index contributed by atoms with van der Waals surface area (Å²) in [6.07, 6.45) is 6.81. The van der Waals surface area contributed by atoms with E-state index in [9.17, 15) is 10.1 Å². The van der Waals surface area contributed by atoms with E-state index in [1.807, 2.05) is 29.8 Å². The third-order valence-corrected chi connectivity index (χ3v) is 9.22. The van der Waals surface area contributed by atoms with Crippen LogP contribution in [-0.2, 0) is 18.5 Å². The molecular formula is C28H34ClN7O2Si. The average Bonchev–Trinajstić information content (AvgIpc) is 3.43. The zero-order chi connectivity index (χ0) is 27.7. The third kappa shape index (κ3) is 6.00. The number of aromatic nitrogens is 5. The van der Waals surface area contributed by atoms with Gasteiger partial charge in [-0.2, -0.15) is 10.4 Å². The van der Waals surface area contributed by atoms with Crippen molar-refractivity contribution in [3.63, 3.8) is 0 Å². The number of amides is 1. The molecule has 11 heteroatoms. The number of nitrogens with zero attached hydrogens (tertiary/aromatic N) is 6. The lowest BCUT2D eigenvalue weighted by molar-refractivity contribution is 0.0887. The van der Waals surface area contributed by atoms with Crippen LogP contribution < -0.4 is 5.32 Å². The lowest BCUT2D eigenvalue weighted by atomic mass is 9.86. The number of benzene rings is 1. The van der Waals surface area contributed by atoms with Crippen LogP contribution in [0.15, 0.2) is 30.6 Å². The number of carbonyl (C=O) groups is 1. The predicted octanol–water partition coefficient (Wildman–Crippen LogP) is 5.76. The highest BCUT2D eigenvalue weighted by Crippen LogP contribution is 2.30. The molecule has 0 spiro atoms. The van der Waals surface area contributed by atoms with Crippen molar-refractivity contribution in [3.8, 4) is 17.5 Å². The molecule has 1 amide bonds. The van der Waals surface area contributed by atoms with E-state index in [0.717, 1.165) is 36.2 Å². The molecule has 0 radical (unpaired) electrons. The van der Waals surface area contributed by atoms with Gasteiger partial charge in [0.2, 0.25) is 0 Å². The first kappa shape index (κ1) is 27.3. The number of aryl methyl sites for hydroxylation is 1. The number of nitriles is 1. The number of nitrogens with one attached hydrogen (secondary N) is 1. The van der Waals surface area contributed by atoms with Crippen LogP contribution in [0.25, 0.3) is 33.5 Å². The monoisotopic (exact) mass is 563 g/mol. The SMILES string of the molecule is Cn1nc(-c2cnc3c(n2)c(C(=O)N[C@H]2CCC[C@H](C#N)C2)cn3COCC[Si](C)(C)C)c2ccc(Cl)cc21. The Morgan fingerprint density at radius 2 is 2.13 bits per heavy atom. The Morgan fingerprint density at radius 1 is 1.31 bits per heavy atom. The Balaban J connectivity index is 1.50. The summed E-state index contributed by atoms with van der Waals surface area (Å²) in [6, 6.07) is 8.98. The molecule has 1 aliphatic rings. The molecule has 5 rings (SSSR count). The van der Waals surface area contributed by atoms with Crippen molar-refractivity contribution in [2.75, 3.05) is 6.61 Å². The molecule has 1 saturated carbocycles. The fourth-order valence-corrected chi connectivity index (χ4v) is 6.02. The van der Waals surface area contributed by atoms with Gasteiger partial charge in [-0.15, -0.1) is 0 Å². The zero-order valence-electron chi connectivity index (χ0n) is 22.9. The summed E-state index contributed by atoms with van der Waals surface area (Å²) in [7, 11) is 0.630. The summed E-state index contributed by atoms with van der Waals surface area (Å²) in [5.74, 6) is -0.240. The molecular weight excluding hydrogens is 530 g/mol. The maximum atomic E-state index is 13.6. The quantitative estimate of drug-likeness (QED) is 0.215. The Hall–Kier alpha value is -3.26. The van der Waals surface area contributed by atoms with Crippen molar-refractivity contribution in [1.29, 1.82) is 5.26 Å². The molecule has 2 atom stereocenters. The van der Waals surface area contributed by atoms with E-state index in [4.69, 9.17) is 26.3 Å². The second-order valence-corrected chi connectivity index (χ2v) is 17.6. The maximum absolute atomic E-state index is 13.6. The van der Waals surface area contributed by atoms with E-state index in [1.54, 1.807) is 17.1 Å². The fourth-order valence-electron chi connectivity index (χ4n) is 5.09. The van der Waals surface area contributed by atoms with Crippen LogP contribution >= 0.6 is 11.6 Å². The van der Waals surface area contributed by atoms with E-state index in [1.165, 1.54) is 0 Å². The minimum Gasteiger partial charge on any atom is -0.361 e. The van der Waals surface area contributed by atoms with Gasteiger partial charge in [0.05, 0.1) is 23.3 Å². The smallest absolute Gasteiger partial charge is 0.255 e. The molecule has 0 saturated heterocycles. The minimum absolute atomic E-state index is 0.0255. The molecule has 1 aromatic carbocycles. The zero-order valence-corrected chi connectivity index (χ0v) is 24.6. The van der Waals surface area contributed by atoms with Crippen molar-refractivity contribution in [1.82, 2.24) is 29.6 Å². The van der Waals surface area contributed by atoms with Gasteiger partial charge in [0, 0.05) is 50.3 Å². The number of rotatable bonds is 8. The highest BCUT2D eigenvalue weighted by atomic mass is 35.5. The van der Waals surface area contributed by atoms with E-state index >= 15 is 0 Å². The summed E-state index contributed by atoms with van der Waals surface area (Å²) < 4.78 is 9.61. The van der Waals surface area contributed by atoms with E-state index in [0.29, 0.717) is 46.2 Å². The lowest BCUT2D eigenvalue weighted by Gasteiger charge is -2.25. The molecule has 3 aromatic heterocycles. The van der Waals surface area contributed by atoms with E-state index < -0.39 is 8.07 Å². The van der Waals surface area contributed by atoms with Crippen LogP contribution in [0, 0.1) is 17.2 Å². The van der Waals surface area contributed by atoms with E-state index in [-0.39, 0.29) is 24.6 Å². The van der Waals surface area contributed by atoms with Crippen LogP contribution in [-0.4, -0.2) is 50.9 Å². The van der Waals surface area contributed by atoms with Crippen molar-refractivity contribution in [2.45, 2.75) is 64.1 Å². The van der Waals surface area contributed by atoms with Crippen molar-refractivity contribution < 1.29 is 9.53 Å². The summed E-state index contributed by atoms with van der Waals surface area (Å²) in [5, 5.41) is 18.7. The highest BCUT2D eigenvalue weighted by Gasteiger charge is 2.26. The van der Waals surface area contributed by atoms with Gasteiger partial charge in [0.15, 0.2) is 5.65 Å². The lowest BCUT2D eigenvalue weighted by Crippen LogP contribution is -2.38. The topological polar surface area (TPSA) is 111 Å². The van der Waals surface area contributed by atoms with Gasteiger partial charge in [0.1, 0.15) is 23.6 Å². The van der Waals surface area contributed by atoms with Gasteiger partial charge in [0.25, 0.3) is 5.91 Å². The van der Waals surface area contributed by atoms with Gasteiger partial charge in [-0.25, -0.2) is 9.97 Å². The first-order chi connectivity index (χ1) is 18.6. The minimum atomic E-state index is -1.23. The average molecular weight is 564 g/mol. The Kier molecular flexibility index (Phi) is 7.76. The summed E-state index contributed by atoms with van der Waals surface area (Å²) in [6.45, 7) is 7.88. The summed E-state index contributed by atoms with van der Waals surface area (Å²) in [5.41, 5.74) is 3.65. The van der Waals surface area contributed by atoms with Gasteiger partial charge in [-0.3, -0.25) is 9.48 Å². The number of halogens is 1. The van der Waals surface area contributed by atoms with Gasteiger partial charge < -0.3 is 14.6 Å². The number of fused-ring (bicyclic) bond motifs is 2. The Labute approximate surface area is 234 Å². The van der Waals surface area contributed by atoms with Crippen LogP contribution in [0.2, 0.25) is 30.7 Å². The van der Waals surface area contributed by atoms with Crippen molar-refractivity contribution in [2.24, 2.45) is 13.0 Å². The van der Waals surface area contributed by atoms with Crippen LogP contribution in [0.1, 0.15) is 36.0 Å². The molecule has 0 bridgehead atoms. The third-order valence-electron chi connectivity index (χ3n) is 7.28. The molecule has 204 valence electrons. The molecule has 9 nitrogen and oxygen atoms in total. The number of ether oxygens (including phenoxy) is 1. The fraction of sp³-hybridized carbons (Fsp3) is 0.464. The maximum Gasteiger partial charge on any atom is 0.255 e. The van der Waals surface area contributed by atoms with Gasteiger partial charge in [-0.1, -0.05) is 37.7 Å². The van der Waals surface area contributed by atoms with Crippen molar-refractivity contribution in [3.05, 3.63) is 41.2 Å². The second-order valence-electron chi connectivity index (χ2n) is 11.6. The van der Waals surface area contributed by atoms with Crippen LogP contribution in [0.4, 0.5) is 0 Å². The number of hydrogen-bond acceptors (Lipinski definition) is 6. The molecule has 4 aromatic rings. The number of hydrogen-bond donors (Lipinski definition) is 1. The first-order valence-electron chi connectivity index (χ1n) is 13.4.